The van der Waals surface area contributed by atoms with Crippen LogP contribution >= 0.6 is 0 Å². The van der Waals surface area contributed by atoms with Crippen LogP contribution in [0.25, 0.3) is 22.4 Å². The number of fused-ring (bicyclic) bond motifs is 1. The Balaban J connectivity index is 1.30. The topological polar surface area (TPSA) is 82.6 Å². The van der Waals surface area contributed by atoms with Gasteiger partial charge < -0.3 is 15.2 Å². The standard InChI is InChI=1S/C24H30FN7/c1-15-26-12-19-20(13-27-23(19)29-15)24-28-14-21(25)22(31-24)11-17-6-5-7-18(10-17)30-16(2)32-8-3-4-9-32/h12-14,17-18,30H,2-11H2,1H3,(H,26,27,29)/t17-,18+/m1/s1. The molecule has 0 radical (unpaired) electrons. The number of aromatic nitrogens is 5. The first-order chi connectivity index (χ1) is 15.6. The monoisotopic (exact) mass is 435 g/mol. The minimum atomic E-state index is -0.336. The molecule has 5 rings (SSSR count). The summed E-state index contributed by atoms with van der Waals surface area (Å²) in [6, 6.07) is 0.389. The first kappa shape index (κ1) is 20.8. The molecule has 0 bridgehead atoms. The molecule has 3 aromatic rings. The van der Waals surface area contributed by atoms with Crippen molar-refractivity contribution in [2.24, 2.45) is 5.92 Å². The van der Waals surface area contributed by atoms with Crippen molar-refractivity contribution in [1.82, 2.24) is 35.1 Å². The predicted molar refractivity (Wildman–Crippen MR) is 122 cm³/mol. The molecule has 2 N–H and O–H groups in total. The van der Waals surface area contributed by atoms with Gasteiger partial charge in [0.25, 0.3) is 0 Å². The van der Waals surface area contributed by atoms with Gasteiger partial charge in [-0.15, -0.1) is 0 Å². The Hall–Kier alpha value is -3.03. The predicted octanol–water partition coefficient (Wildman–Crippen LogP) is 4.12. The summed E-state index contributed by atoms with van der Waals surface area (Å²) in [5.74, 6) is 2.30. The van der Waals surface area contributed by atoms with Crippen LogP contribution in [0.1, 0.15) is 50.0 Å². The van der Waals surface area contributed by atoms with Gasteiger partial charge in [0.2, 0.25) is 0 Å². The molecule has 8 heteroatoms. The lowest BCUT2D eigenvalue weighted by Gasteiger charge is -2.33. The molecule has 1 aliphatic carbocycles. The molecule has 2 aliphatic rings. The highest BCUT2D eigenvalue weighted by Crippen LogP contribution is 2.30. The number of halogens is 1. The van der Waals surface area contributed by atoms with E-state index in [1.54, 1.807) is 6.20 Å². The zero-order valence-corrected chi connectivity index (χ0v) is 18.6. The van der Waals surface area contributed by atoms with Crippen molar-refractivity contribution in [2.45, 2.75) is 57.9 Å². The minimum Gasteiger partial charge on any atom is -0.369 e. The van der Waals surface area contributed by atoms with Gasteiger partial charge in [-0.05, 0) is 51.4 Å². The van der Waals surface area contributed by atoms with Crippen LogP contribution in [-0.4, -0.2) is 49.0 Å². The van der Waals surface area contributed by atoms with Gasteiger partial charge in [-0.2, -0.15) is 0 Å². The molecule has 1 aliphatic heterocycles. The summed E-state index contributed by atoms with van der Waals surface area (Å²) >= 11 is 0. The maximum absolute atomic E-state index is 14.7. The summed E-state index contributed by atoms with van der Waals surface area (Å²) in [6.07, 6.45) is 12.3. The van der Waals surface area contributed by atoms with Crippen molar-refractivity contribution < 1.29 is 4.39 Å². The van der Waals surface area contributed by atoms with Crippen LogP contribution in [0.15, 0.2) is 31.0 Å². The second-order valence-electron chi connectivity index (χ2n) is 9.09. The zero-order chi connectivity index (χ0) is 22.1. The van der Waals surface area contributed by atoms with Crippen molar-refractivity contribution in [3.63, 3.8) is 0 Å². The minimum absolute atomic E-state index is 0.336. The molecule has 3 aromatic heterocycles. The van der Waals surface area contributed by atoms with Crippen molar-refractivity contribution in [2.75, 3.05) is 13.1 Å². The number of aryl methyl sites for hydroxylation is 1. The average Bonchev–Trinajstić information content (AvgIpc) is 3.46. The van der Waals surface area contributed by atoms with Gasteiger partial charge >= 0.3 is 0 Å². The Labute approximate surface area is 187 Å². The summed E-state index contributed by atoms with van der Waals surface area (Å²) in [7, 11) is 0. The molecular weight excluding hydrogens is 405 g/mol. The van der Waals surface area contributed by atoms with E-state index in [2.05, 4.69) is 41.7 Å². The van der Waals surface area contributed by atoms with E-state index in [9.17, 15) is 4.39 Å². The molecule has 7 nitrogen and oxygen atoms in total. The maximum Gasteiger partial charge on any atom is 0.163 e. The summed E-state index contributed by atoms with van der Waals surface area (Å²) in [5, 5.41) is 4.48. The Morgan fingerprint density at radius 2 is 2.03 bits per heavy atom. The highest BCUT2D eigenvalue weighted by atomic mass is 19.1. The number of hydrogen-bond donors (Lipinski definition) is 2. The third-order valence-corrected chi connectivity index (χ3v) is 6.73. The van der Waals surface area contributed by atoms with E-state index in [0.717, 1.165) is 61.2 Å². The summed E-state index contributed by atoms with van der Waals surface area (Å²) in [5.41, 5.74) is 2.02. The van der Waals surface area contributed by atoms with Gasteiger partial charge in [-0.1, -0.05) is 13.0 Å². The van der Waals surface area contributed by atoms with Gasteiger partial charge in [-0.3, -0.25) is 0 Å². The number of aromatic amines is 1. The van der Waals surface area contributed by atoms with Gasteiger partial charge in [-0.25, -0.2) is 24.3 Å². The van der Waals surface area contributed by atoms with Gasteiger partial charge in [0.15, 0.2) is 11.6 Å². The lowest BCUT2D eigenvalue weighted by atomic mass is 9.83. The fourth-order valence-corrected chi connectivity index (χ4v) is 5.05. The summed E-state index contributed by atoms with van der Waals surface area (Å²) in [6.45, 7) is 8.28. The second kappa shape index (κ2) is 8.84. The van der Waals surface area contributed by atoms with E-state index in [-0.39, 0.29) is 5.82 Å². The zero-order valence-electron chi connectivity index (χ0n) is 18.6. The summed E-state index contributed by atoms with van der Waals surface area (Å²) < 4.78 is 14.7. The first-order valence-corrected chi connectivity index (χ1v) is 11.6. The Bertz CT molecular complexity index is 1120. The molecule has 0 spiro atoms. The van der Waals surface area contributed by atoms with Crippen LogP contribution in [0.2, 0.25) is 0 Å². The second-order valence-corrected chi connectivity index (χ2v) is 9.09. The molecule has 168 valence electrons. The van der Waals surface area contributed by atoms with Gasteiger partial charge in [0, 0.05) is 42.5 Å². The number of nitrogens with one attached hydrogen (secondary N) is 2. The van der Waals surface area contributed by atoms with E-state index in [4.69, 9.17) is 0 Å². The van der Waals surface area contributed by atoms with Crippen molar-refractivity contribution in [3.05, 3.63) is 48.3 Å². The van der Waals surface area contributed by atoms with E-state index < -0.39 is 0 Å². The number of H-pyrrole nitrogens is 1. The third kappa shape index (κ3) is 4.31. The Morgan fingerprint density at radius 1 is 1.19 bits per heavy atom. The molecule has 0 unspecified atom stereocenters. The number of nitrogens with zero attached hydrogens (tertiary/aromatic N) is 5. The quantitative estimate of drug-likeness (QED) is 0.606. The van der Waals surface area contributed by atoms with E-state index in [0.29, 0.717) is 35.7 Å². The Morgan fingerprint density at radius 3 is 2.88 bits per heavy atom. The molecule has 2 atom stereocenters. The lowest BCUT2D eigenvalue weighted by molar-refractivity contribution is 0.269. The SMILES string of the molecule is C=C(N[C@H]1CCC[C@@H](Cc2nc(-c3c[nH]c4nc(C)ncc34)ncc2F)C1)N1CCCC1. The van der Waals surface area contributed by atoms with Crippen LogP contribution in [0.3, 0.4) is 0 Å². The largest absolute Gasteiger partial charge is 0.369 e. The highest BCUT2D eigenvalue weighted by Gasteiger charge is 2.26. The number of likely N-dealkylation sites (tertiary alicyclic amines) is 1. The van der Waals surface area contributed by atoms with Crippen LogP contribution in [-0.2, 0) is 6.42 Å². The third-order valence-electron chi connectivity index (χ3n) is 6.73. The molecule has 32 heavy (non-hydrogen) atoms. The van der Waals surface area contributed by atoms with Crippen molar-refractivity contribution in [1.29, 1.82) is 0 Å². The summed E-state index contributed by atoms with van der Waals surface area (Å²) in [4.78, 5) is 23.0. The first-order valence-electron chi connectivity index (χ1n) is 11.6. The lowest BCUT2D eigenvalue weighted by Crippen LogP contribution is -2.39. The van der Waals surface area contributed by atoms with Gasteiger partial charge in [0.05, 0.1) is 17.7 Å². The molecule has 2 fully saturated rings. The molecule has 0 amide bonds. The molecular formula is C24H30FN7. The number of rotatable bonds is 6. The Kier molecular flexibility index (Phi) is 5.76. The fraction of sp³-hybridized carbons (Fsp3) is 0.500. The number of hydrogen-bond acceptors (Lipinski definition) is 6. The molecule has 1 saturated carbocycles. The van der Waals surface area contributed by atoms with Crippen molar-refractivity contribution in [3.8, 4) is 11.4 Å². The van der Waals surface area contributed by atoms with E-state index in [1.165, 1.54) is 19.0 Å². The smallest absolute Gasteiger partial charge is 0.163 e. The van der Waals surface area contributed by atoms with Gasteiger partial charge in [0.1, 0.15) is 11.5 Å². The fourth-order valence-electron chi connectivity index (χ4n) is 5.05. The van der Waals surface area contributed by atoms with Crippen LogP contribution in [0.5, 0.6) is 0 Å². The maximum atomic E-state index is 14.7. The highest BCUT2D eigenvalue weighted by molar-refractivity contribution is 5.90. The van der Waals surface area contributed by atoms with E-state index >= 15 is 0 Å². The normalized spacial score (nSPS) is 21.2. The van der Waals surface area contributed by atoms with E-state index in [1.807, 2.05) is 13.1 Å². The molecule has 1 saturated heterocycles. The van der Waals surface area contributed by atoms with Crippen molar-refractivity contribution >= 4 is 11.0 Å². The van der Waals surface area contributed by atoms with Crippen LogP contribution in [0.4, 0.5) is 4.39 Å². The molecule has 0 aromatic carbocycles. The van der Waals surface area contributed by atoms with Crippen LogP contribution < -0.4 is 5.32 Å². The molecule has 4 heterocycles. The van der Waals surface area contributed by atoms with Crippen LogP contribution in [0, 0.1) is 18.7 Å². The average molecular weight is 436 g/mol.